The number of hydrogen-bond acceptors (Lipinski definition) is 5. The number of hydrogen-bond donors (Lipinski definition) is 1. The molecule has 0 unspecified atom stereocenters. The van der Waals surface area contributed by atoms with Crippen LogP contribution in [0.25, 0.3) is 0 Å². The van der Waals surface area contributed by atoms with Gasteiger partial charge in [0, 0.05) is 20.1 Å². The van der Waals surface area contributed by atoms with Crippen LogP contribution in [0.4, 0.5) is 0 Å². The normalized spacial score (nSPS) is 11.8. The summed E-state index contributed by atoms with van der Waals surface area (Å²) >= 11 is 15.1. The van der Waals surface area contributed by atoms with Crippen LogP contribution in [0.5, 0.6) is 11.5 Å². The van der Waals surface area contributed by atoms with E-state index in [1.165, 1.54) is 6.21 Å². The maximum atomic E-state index is 12.4. The SMILES string of the molecule is C[C@@H](Oc1ccc(Cl)cc1)C(=O)N/N=C\c1cc(Br)ccc1OC(=O)c1ccc(Cl)cc1. The predicted molar refractivity (Wildman–Crippen MR) is 128 cm³/mol. The molecule has 0 aliphatic carbocycles. The number of nitrogens with zero attached hydrogens (tertiary/aromatic N) is 1. The fourth-order valence-corrected chi connectivity index (χ4v) is 3.12. The number of esters is 1. The van der Waals surface area contributed by atoms with Gasteiger partial charge in [0.25, 0.3) is 5.91 Å². The topological polar surface area (TPSA) is 77.0 Å². The summed E-state index contributed by atoms with van der Waals surface area (Å²) in [6, 6.07) is 18.1. The maximum absolute atomic E-state index is 12.4. The predicted octanol–water partition coefficient (Wildman–Crippen LogP) is 5.89. The van der Waals surface area contributed by atoms with Crippen molar-refractivity contribution in [2.45, 2.75) is 13.0 Å². The fourth-order valence-electron chi connectivity index (χ4n) is 2.49. The highest BCUT2D eigenvalue weighted by Crippen LogP contribution is 2.23. The van der Waals surface area contributed by atoms with Crippen molar-refractivity contribution in [1.82, 2.24) is 5.43 Å². The Hall–Kier alpha value is -2.87. The number of ether oxygens (including phenoxy) is 2. The summed E-state index contributed by atoms with van der Waals surface area (Å²) in [6.45, 7) is 1.60. The molecule has 0 saturated heterocycles. The van der Waals surface area contributed by atoms with Crippen molar-refractivity contribution >= 4 is 57.2 Å². The molecule has 0 aromatic heterocycles. The van der Waals surface area contributed by atoms with E-state index in [4.69, 9.17) is 32.7 Å². The summed E-state index contributed by atoms with van der Waals surface area (Å²) in [4.78, 5) is 24.7. The number of benzene rings is 3. The van der Waals surface area contributed by atoms with E-state index >= 15 is 0 Å². The van der Waals surface area contributed by atoms with Crippen molar-refractivity contribution in [3.63, 3.8) is 0 Å². The molecule has 3 aromatic carbocycles. The second kappa shape index (κ2) is 11.1. The molecule has 6 nitrogen and oxygen atoms in total. The number of nitrogens with one attached hydrogen (secondary N) is 1. The van der Waals surface area contributed by atoms with Crippen LogP contribution in [-0.4, -0.2) is 24.2 Å². The van der Waals surface area contributed by atoms with E-state index in [1.54, 1.807) is 73.7 Å². The van der Waals surface area contributed by atoms with Crippen molar-refractivity contribution in [2.75, 3.05) is 0 Å². The summed E-state index contributed by atoms with van der Waals surface area (Å²) in [6.07, 6.45) is 0.584. The maximum Gasteiger partial charge on any atom is 0.343 e. The van der Waals surface area contributed by atoms with Gasteiger partial charge in [-0.25, -0.2) is 10.2 Å². The minimum atomic E-state index is -0.793. The van der Waals surface area contributed by atoms with E-state index in [-0.39, 0.29) is 5.75 Å². The van der Waals surface area contributed by atoms with Gasteiger partial charge in [-0.2, -0.15) is 5.10 Å². The van der Waals surface area contributed by atoms with Crippen LogP contribution in [0.1, 0.15) is 22.8 Å². The molecule has 32 heavy (non-hydrogen) atoms. The van der Waals surface area contributed by atoms with Gasteiger partial charge in [-0.1, -0.05) is 39.1 Å². The summed E-state index contributed by atoms with van der Waals surface area (Å²) in [5.41, 5.74) is 3.24. The molecule has 0 heterocycles. The zero-order chi connectivity index (χ0) is 23.1. The molecule has 0 saturated carbocycles. The molecule has 0 radical (unpaired) electrons. The molecule has 0 aliphatic heterocycles. The van der Waals surface area contributed by atoms with E-state index < -0.39 is 18.0 Å². The molecule has 0 bridgehead atoms. The first-order valence-corrected chi connectivity index (χ1v) is 10.9. The van der Waals surface area contributed by atoms with E-state index in [0.717, 1.165) is 4.47 Å². The van der Waals surface area contributed by atoms with E-state index in [0.29, 0.717) is 26.9 Å². The van der Waals surface area contributed by atoms with Gasteiger partial charge in [-0.05, 0) is 73.7 Å². The fraction of sp³-hybridized carbons (Fsp3) is 0.0870. The zero-order valence-electron chi connectivity index (χ0n) is 16.7. The standard InChI is InChI=1S/C23H17BrCl2N2O4/c1-14(31-20-9-7-19(26)8-10-20)22(29)28-27-13-16-12-17(24)4-11-21(16)32-23(30)15-2-5-18(25)6-3-15/h2-14H,1H3,(H,28,29)/b27-13-/t14-/m1/s1. The van der Waals surface area contributed by atoms with Gasteiger partial charge < -0.3 is 9.47 Å². The molecule has 3 rings (SSSR count). The largest absolute Gasteiger partial charge is 0.481 e. The molecule has 1 atom stereocenters. The third kappa shape index (κ3) is 6.82. The molecule has 0 fully saturated rings. The van der Waals surface area contributed by atoms with Gasteiger partial charge in [0.15, 0.2) is 6.10 Å². The van der Waals surface area contributed by atoms with Gasteiger partial charge in [0.05, 0.1) is 11.8 Å². The molecular weight excluding hydrogens is 519 g/mol. The van der Waals surface area contributed by atoms with Crippen LogP contribution >= 0.6 is 39.1 Å². The molecular formula is C23H17BrCl2N2O4. The molecule has 3 aromatic rings. The first-order chi connectivity index (χ1) is 15.3. The Morgan fingerprint density at radius 2 is 1.62 bits per heavy atom. The van der Waals surface area contributed by atoms with Gasteiger partial charge in [0.2, 0.25) is 0 Å². The van der Waals surface area contributed by atoms with Crippen molar-refractivity contribution in [3.05, 3.63) is 92.4 Å². The van der Waals surface area contributed by atoms with E-state index in [2.05, 4.69) is 26.5 Å². The molecule has 0 aliphatic rings. The molecule has 1 N–H and O–H groups in total. The van der Waals surface area contributed by atoms with E-state index in [1.807, 2.05) is 0 Å². The zero-order valence-corrected chi connectivity index (χ0v) is 19.8. The highest BCUT2D eigenvalue weighted by molar-refractivity contribution is 9.10. The summed E-state index contributed by atoms with van der Waals surface area (Å²) < 4.78 is 11.8. The molecule has 9 heteroatoms. The van der Waals surface area contributed by atoms with Crippen molar-refractivity contribution in [3.8, 4) is 11.5 Å². The summed E-state index contributed by atoms with van der Waals surface area (Å²) in [5, 5.41) is 5.04. The summed E-state index contributed by atoms with van der Waals surface area (Å²) in [7, 11) is 0. The minimum absolute atomic E-state index is 0.275. The Balaban J connectivity index is 1.65. The average Bonchev–Trinajstić information content (AvgIpc) is 2.77. The van der Waals surface area contributed by atoms with Crippen LogP contribution in [0.15, 0.2) is 76.3 Å². The van der Waals surface area contributed by atoms with Gasteiger partial charge in [-0.3, -0.25) is 4.79 Å². The lowest BCUT2D eigenvalue weighted by molar-refractivity contribution is -0.127. The lowest BCUT2D eigenvalue weighted by Gasteiger charge is -2.13. The molecule has 1 amide bonds. The van der Waals surface area contributed by atoms with Crippen LogP contribution < -0.4 is 14.9 Å². The van der Waals surface area contributed by atoms with Crippen LogP contribution in [0, 0.1) is 0 Å². The third-order valence-corrected chi connectivity index (χ3v) is 5.13. The number of hydrazone groups is 1. The van der Waals surface area contributed by atoms with Crippen LogP contribution in [0.2, 0.25) is 10.0 Å². The van der Waals surface area contributed by atoms with Crippen molar-refractivity contribution < 1.29 is 19.1 Å². The van der Waals surface area contributed by atoms with Gasteiger partial charge in [0.1, 0.15) is 11.5 Å². The Labute approximate surface area is 203 Å². The monoisotopic (exact) mass is 534 g/mol. The Bertz CT molecular complexity index is 1140. The number of rotatable bonds is 7. The van der Waals surface area contributed by atoms with Crippen molar-refractivity contribution in [1.29, 1.82) is 0 Å². The number of carbonyl (C=O) groups excluding carboxylic acids is 2. The average molecular weight is 536 g/mol. The minimum Gasteiger partial charge on any atom is -0.481 e. The third-order valence-electron chi connectivity index (χ3n) is 4.13. The molecule has 164 valence electrons. The number of amides is 1. The van der Waals surface area contributed by atoms with Crippen LogP contribution in [0.3, 0.4) is 0 Å². The first kappa shape index (κ1) is 23.8. The smallest absolute Gasteiger partial charge is 0.343 e. The Kier molecular flexibility index (Phi) is 8.27. The summed E-state index contributed by atoms with van der Waals surface area (Å²) in [5.74, 6) is -0.223. The van der Waals surface area contributed by atoms with Gasteiger partial charge >= 0.3 is 5.97 Å². The Morgan fingerprint density at radius 3 is 2.28 bits per heavy atom. The Morgan fingerprint density at radius 1 is 1.00 bits per heavy atom. The highest BCUT2D eigenvalue weighted by Gasteiger charge is 2.15. The second-order valence-electron chi connectivity index (χ2n) is 6.53. The van der Waals surface area contributed by atoms with Crippen molar-refractivity contribution in [2.24, 2.45) is 5.10 Å². The lowest BCUT2D eigenvalue weighted by Crippen LogP contribution is -2.33. The van der Waals surface area contributed by atoms with Gasteiger partial charge in [-0.15, -0.1) is 0 Å². The quantitative estimate of drug-likeness (QED) is 0.177. The first-order valence-electron chi connectivity index (χ1n) is 9.34. The van der Waals surface area contributed by atoms with E-state index in [9.17, 15) is 9.59 Å². The number of halogens is 3. The second-order valence-corrected chi connectivity index (χ2v) is 8.32. The number of carbonyl (C=O) groups is 2. The highest BCUT2D eigenvalue weighted by atomic mass is 79.9. The van der Waals surface area contributed by atoms with Crippen LogP contribution in [-0.2, 0) is 4.79 Å². The molecule has 0 spiro atoms. The lowest BCUT2D eigenvalue weighted by atomic mass is 10.2.